The fraction of sp³-hybridized carbons (Fsp3) is 0.786. The number of piperidine rings is 1. The minimum atomic E-state index is 0.299. The topological polar surface area (TPSA) is 32.3 Å². The number of hydrogen-bond donors (Lipinski definition) is 1. The molecule has 17 heavy (non-hydrogen) atoms. The SMILES string of the molecule is CC(C)=CCN1CCC(NC(=O)C2CC2)CC1. The normalized spacial score (nSPS) is 22.2. The molecule has 0 aromatic rings. The van der Waals surface area contributed by atoms with E-state index in [-0.39, 0.29) is 0 Å². The lowest BCUT2D eigenvalue weighted by molar-refractivity contribution is -0.123. The van der Waals surface area contributed by atoms with Crippen molar-refractivity contribution >= 4 is 5.91 Å². The van der Waals surface area contributed by atoms with Gasteiger partial charge in [0.2, 0.25) is 5.91 Å². The van der Waals surface area contributed by atoms with Crippen molar-refractivity contribution in [1.29, 1.82) is 0 Å². The Hall–Kier alpha value is -0.830. The van der Waals surface area contributed by atoms with Crippen molar-refractivity contribution in [2.24, 2.45) is 5.92 Å². The van der Waals surface area contributed by atoms with Gasteiger partial charge >= 0.3 is 0 Å². The first-order valence-corrected chi connectivity index (χ1v) is 6.81. The van der Waals surface area contributed by atoms with Crippen molar-refractivity contribution < 1.29 is 4.79 Å². The van der Waals surface area contributed by atoms with Crippen LogP contribution < -0.4 is 5.32 Å². The van der Waals surface area contributed by atoms with Crippen molar-refractivity contribution in [2.45, 2.75) is 45.6 Å². The average Bonchev–Trinajstić information content (AvgIpc) is 3.12. The molecule has 96 valence electrons. The van der Waals surface area contributed by atoms with E-state index in [2.05, 4.69) is 30.1 Å². The Bertz CT molecular complexity index is 295. The zero-order valence-electron chi connectivity index (χ0n) is 11.0. The Kier molecular flexibility index (Phi) is 4.21. The van der Waals surface area contributed by atoms with Crippen LogP contribution in [0.3, 0.4) is 0 Å². The standard InChI is InChI=1S/C14H24N2O/c1-11(2)5-8-16-9-6-13(7-10-16)15-14(17)12-3-4-12/h5,12-13H,3-4,6-10H2,1-2H3,(H,15,17). The molecular formula is C14H24N2O. The summed E-state index contributed by atoms with van der Waals surface area (Å²) in [6.07, 6.45) is 6.70. The number of carbonyl (C=O) groups excluding carboxylic acids is 1. The first kappa shape index (κ1) is 12.6. The van der Waals surface area contributed by atoms with Crippen LogP contribution in [-0.2, 0) is 4.79 Å². The lowest BCUT2D eigenvalue weighted by Crippen LogP contribution is -2.45. The second-order valence-electron chi connectivity index (χ2n) is 5.64. The molecule has 2 aliphatic rings. The Balaban J connectivity index is 1.66. The molecule has 2 fully saturated rings. The number of hydrogen-bond acceptors (Lipinski definition) is 2. The molecule has 1 saturated carbocycles. The molecule has 0 spiro atoms. The predicted molar refractivity (Wildman–Crippen MR) is 69.8 cm³/mol. The lowest BCUT2D eigenvalue weighted by atomic mass is 10.0. The minimum Gasteiger partial charge on any atom is -0.353 e. The summed E-state index contributed by atoms with van der Waals surface area (Å²) in [6.45, 7) is 7.57. The third-order valence-electron chi connectivity index (χ3n) is 3.64. The number of rotatable bonds is 4. The van der Waals surface area contributed by atoms with E-state index in [0.717, 1.165) is 45.3 Å². The Morgan fingerprint density at radius 2 is 1.88 bits per heavy atom. The second-order valence-corrected chi connectivity index (χ2v) is 5.64. The van der Waals surface area contributed by atoms with Crippen LogP contribution in [0.1, 0.15) is 39.5 Å². The molecule has 3 nitrogen and oxygen atoms in total. The summed E-state index contributed by atoms with van der Waals surface area (Å²) < 4.78 is 0. The Morgan fingerprint density at radius 1 is 1.24 bits per heavy atom. The second kappa shape index (κ2) is 5.67. The summed E-state index contributed by atoms with van der Waals surface area (Å²) in [5.74, 6) is 0.645. The molecule has 0 aromatic carbocycles. The zero-order valence-corrected chi connectivity index (χ0v) is 11.0. The number of carbonyl (C=O) groups is 1. The van der Waals surface area contributed by atoms with E-state index >= 15 is 0 Å². The molecule has 0 radical (unpaired) electrons. The van der Waals surface area contributed by atoms with E-state index in [0.29, 0.717) is 17.9 Å². The van der Waals surface area contributed by atoms with Crippen molar-refractivity contribution in [3.63, 3.8) is 0 Å². The first-order chi connectivity index (χ1) is 8.15. The maximum Gasteiger partial charge on any atom is 0.223 e. The van der Waals surface area contributed by atoms with Crippen LogP contribution >= 0.6 is 0 Å². The molecule has 1 saturated heterocycles. The van der Waals surface area contributed by atoms with Crippen LogP contribution in [-0.4, -0.2) is 36.5 Å². The third kappa shape index (κ3) is 4.15. The van der Waals surface area contributed by atoms with Gasteiger partial charge in [0.1, 0.15) is 0 Å². The van der Waals surface area contributed by atoms with E-state index in [1.165, 1.54) is 5.57 Å². The summed E-state index contributed by atoms with van der Waals surface area (Å²) >= 11 is 0. The van der Waals surface area contributed by atoms with Crippen molar-refractivity contribution in [3.05, 3.63) is 11.6 Å². The minimum absolute atomic E-state index is 0.299. The Labute approximate surface area is 104 Å². The molecule has 1 N–H and O–H groups in total. The molecular weight excluding hydrogens is 212 g/mol. The number of allylic oxidation sites excluding steroid dienone is 1. The van der Waals surface area contributed by atoms with E-state index in [9.17, 15) is 4.79 Å². The highest BCUT2D eigenvalue weighted by Crippen LogP contribution is 2.29. The molecule has 0 aromatic heterocycles. The molecule has 1 aliphatic heterocycles. The van der Waals surface area contributed by atoms with Gasteiger partial charge in [0.15, 0.2) is 0 Å². The van der Waals surface area contributed by atoms with Crippen LogP contribution in [0.4, 0.5) is 0 Å². The molecule has 1 amide bonds. The van der Waals surface area contributed by atoms with Crippen LogP contribution in [0.25, 0.3) is 0 Å². The summed E-state index contributed by atoms with van der Waals surface area (Å²) in [4.78, 5) is 14.1. The molecule has 2 rings (SSSR count). The molecule has 0 atom stereocenters. The van der Waals surface area contributed by atoms with Gasteiger partial charge < -0.3 is 5.32 Å². The number of nitrogens with zero attached hydrogens (tertiary/aromatic N) is 1. The summed E-state index contributed by atoms with van der Waals surface area (Å²) in [5, 5.41) is 3.19. The molecule has 1 heterocycles. The van der Waals surface area contributed by atoms with Crippen LogP contribution in [0.2, 0.25) is 0 Å². The smallest absolute Gasteiger partial charge is 0.223 e. The molecule has 1 aliphatic carbocycles. The van der Waals surface area contributed by atoms with Gasteiger partial charge in [-0.05, 0) is 39.5 Å². The van der Waals surface area contributed by atoms with Gasteiger partial charge in [0, 0.05) is 31.6 Å². The van der Waals surface area contributed by atoms with Gasteiger partial charge in [0.25, 0.3) is 0 Å². The van der Waals surface area contributed by atoms with Gasteiger partial charge in [-0.15, -0.1) is 0 Å². The number of amides is 1. The molecule has 0 bridgehead atoms. The lowest BCUT2D eigenvalue weighted by Gasteiger charge is -2.31. The fourth-order valence-electron chi connectivity index (χ4n) is 2.24. The largest absolute Gasteiger partial charge is 0.353 e. The van der Waals surface area contributed by atoms with Crippen molar-refractivity contribution in [1.82, 2.24) is 10.2 Å². The predicted octanol–water partition coefficient (Wildman–Crippen LogP) is 1.94. The van der Waals surface area contributed by atoms with Gasteiger partial charge in [-0.1, -0.05) is 11.6 Å². The van der Waals surface area contributed by atoms with Crippen molar-refractivity contribution in [2.75, 3.05) is 19.6 Å². The summed E-state index contributed by atoms with van der Waals surface area (Å²) in [6, 6.07) is 0.422. The molecule has 3 heteroatoms. The first-order valence-electron chi connectivity index (χ1n) is 6.81. The zero-order chi connectivity index (χ0) is 12.3. The maximum atomic E-state index is 11.6. The highest BCUT2D eigenvalue weighted by atomic mass is 16.2. The highest BCUT2D eigenvalue weighted by Gasteiger charge is 2.31. The Morgan fingerprint density at radius 3 is 2.41 bits per heavy atom. The van der Waals surface area contributed by atoms with Gasteiger partial charge in [-0.25, -0.2) is 0 Å². The maximum absolute atomic E-state index is 11.6. The quantitative estimate of drug-likeness (QED) is 0.757. The monoisotopic (exact) mass is 236 g/mol. The van der Waals surface area contributed by atoms with Gasteiger partial charge in [-0.2, -0.15) is 0 Å². The van der Waals surface area contributed by atoms with Crippen molar-refractivity contribution in [3.8, 4) is 0 Å². The highest BCUT2D eigenvalue weighted by molar-refractivity contribution is 5.81. The summed E-state index contributed by atoms with van der Waals surface area (Å²) in [7, 11) is 0. The number of likely N-dealkylation sites (tertiary alicyclic amines) is 1. The van der Waals surface area contributed by atoms with E-state index in [4.69, 9.17) is 0 Å². The summed E-state index contributed by atoms with van der Waals surface area (Å²) in [5.41, 5.74) is 1.38. The average molecular weight is 236 g/mol. The van der Waals surface area contributed by atoms with Gasteiger partial charge in [0.05, 0.1) is 0 Å². The molecule has 0 unspecified atom stereocenters. The van der Waals surface area contributed by atoms with Crippen LogP contribution in [0.15, 0.2) is 11.6 Å². The fourth-order valence-corrected chi connectivity index (χ4v) is 2.24. The van der Waals surface area contributed by atoms with E-state index in [1.54, 1.807) is 0 Å². The van der Waals surface area contributed by atoms with Crippen LogP contribution in [0.5, 0.6) is 0 Å². The third-order valence-corrected chi connectivity index (χ3v) is 3.64. The van der Waals surface area contributed by atoms with E-state index in [1.807, 2.05) is 0 Å². The van der Waals surface area contributed by atoms with Crippen LogP contribution in [0, 0.1) is 5.92 Å². The van der Waals surface area contributed by atoms with E-state index < -0.39 is 0 Å². The van der Waals surface area contributed by atoms with Gasteiger partial charge in [-0.3, -0.25) is 9.69 Å². The number of nitrogens with one attached hydrogen (secondary N) is 1.